The lowest BCUT2D eigenvalue weighted by Gasteiger charge is -2.53. The average Bonchev–Trinajstić information content (AvgIpc) is 2.70. The highest BCUT2D eigenvalue weighted by molar-refractivity contribution is 6.30. The molecule has 130 valence electrons. The van der Waals surface area contributed by atoms with Crippen LogP contribution in [0.5, 0.6) is 0 Å². The molecule has 4 rings (SSSR count). The molecule has 1 fully saturated rings. The Morgan fingerprint density at radius 2 is 1.46 bits per heavy atom. The van der Waals surface area contributed by atoms with Crippen LogP contribution in [0.1, 0.15) is 22.7 Å². The molecule has 0 spiro atoms. The zero-order valence-electron chi connectivity index (χ0n) is 14.0. The second-order valence-electron chi connectivity index (χ2n) is 6.51. The van der Waals surface area contributed by atoms with E-state index in [-0.39, 0.29) is 5.91 Å². The van der Waals surface area contributed by atoms with E-state index < -0.39 is 11.6 Å². The molecular formula is C22H18ClNO2. The number of rotatable bonds is 4. The van der Waals surface area contributed by atoms with Gasteiger partial charge >= 0.3 is 0 Å². The van der Waals surface area contributed by atoms with Crippen LogP contribution < -0.4 is 0 Å². The lowest BCUT2D eigenvalue weighted by atomic mass is 9.73. The summed E-state index contributed by atoms with van der Waals surface area (Å²) in [4.78, 5) is 14.7. The number of carbonyl (C=O) groups excluding carboxylic acids is 1. The molecule has 0 aromatic heterocycles. The van der Waals surface area contributed by atoms with Crippen LogP contribution in [0.2, 0.25) is 5.02 Å². The van der Waals surface area contributed by atoms with Crippen molar-refractivity contribution in [2.24, 2.45) is 0 Å². The van der Waals surface area contributed by atoms with Gasteiger partial charge in [0, 0.05) is 11.6 Å². The normalized spacial score (nSPS) is 22.2. The molecule has 0 saturated carbocycles. The molecular weight excluding hydrogens is 346 g/mol. The lowest BCUT2D eigenvalue weighted by molar-refractivity contribution is -0.198. The van der Waals surface area contributed by atoms with Crippen LogP contribution >= 0.6 is 11.6 Å². The summed E-state index contributed by atoms with van der Waals surface area (Å²) in [7, 11) is 0. The number of nitrogens with zero attached hydrogens (tertiary/aromatic N) is 1. The van der Waals surface area contributed by atoms with Crippen LogP contribution in [-0.4, -0.2) is 15.9 Å². The van der Waals surface area contributed by atoms with Crippen LogP contribution in [0.3, 0.4) is 0 Å². The van der Waals surface area contributed by atoms with E-state index in [0.29, 0.717) is 17.1 Å². The fraction of sp³-hybridized carbons (Fsp3) is 0.136. The molecule has 1 aliphatic heterocycles. The Bertz CT molecular complexity index is 912. The Labute approximate surface area is 157 Å². The van der Waals surface area contributed by atoms with Gasteiger partial charge in [0.25, 0.3) is 5.91 Å². The summed E-state index contributed by atoms with van der Waals surface area (Å²) in [6.45, 7) is 0.421. The van der Waals surface area contributed by atoms with Crippen molar-refractivity contribution < 1.29 is 9.90 Å². The molecule has 1 amide bonds. The summed E-state index contributed by atoms with van der Waals surface area (Å²) in [6.07, 6.45) is 0. The summed E-state index contributed by atoms with van der Waals surface area (Å²) < 4.78 is 0. The van der Waals surface area contributed by atoms with Crippen molar-refractivity contribution in [1.82, 2.24) is 4.90 Å². The second kappa shape index (κ2) is 6.60. The van der Waals surface area contributed by atoms with Gasteiger partial charge in [-0.15, -0.1) is 0 Å². The van der Waals surface area contributed by atoms with Crippen molar-refractivity contribution >= 4 is 17.5 Å². The number of aliphatic hydroxyl groups is 1. The molecule has 3 aromatic rings. The molecule has 0 bridgehead atoms. The van der Waals surface area contributed by atoms with Crippen LogP contribution in [0.25, 0.3) is 0 Å². The van der Waals surface area contributed by atoms with E-state index in [1.807, 2.05) is 72.8 Å². The smallest absolute Gasteiger partial charge is 0.262 e. The van der Waals surface area contributed by atoms with Crippen LogP contribution in [0, 0.1) is 0 Å². The predicted molar refractivity (Wildman–Crippen MR) is 102 cm³/mol. The summed E-state index contributed by atoms with van der Waals surface area (Å²) in [5.74, 6) is -0.285. The molecule has 0 unspecified atom stereocenters. The standard InChI is InChI=1S/C22H18ClNO2/c23-19-13-11-16(12-14-19)15-24-20(17-7-3-1-4-8-17)22(26,21(24)25)18-9-5-2-6-10-18/h1-14,20,26H,15H2/t20-,22-/m1/s1. The van der Waals surface area contributed by atoms with Crippen molar-refractivity contribution in [3.8, 4) is 0 Å². The number of halogens is 1. The number of likely N-dealkylation sites (tertiary alicyclic amines) is 1. The average molecular weight is 364 g/mol. The van der Waals surface area contributed by atoms with Crippen molar-refractivity contribution in [3.63, 3.8) is 0 Å². The maximum atomic E-state index is 13.0. The first-order valence-electron chi connectivity index (χ1n) is 8.49. The third kappa shape index (κ3) is 2.70. The molecule has 2 atom stereocenters. The molecule has 0 aliphatic carbocycles. The minimum atomic E-state index is -1.55. The molecule has 1 N–H and O–H groups in total. The largest absolute Gasteiger partial charge is 0.373 e. The van der Waals surface area contributed by atoms with E-state index in [1.165, 1.54) is 0 Å². The van der Waals surface area contributed by atoms with Crippen LogP contribution in [-0.2, 0) is 16.9 Å². The number of hydrogen-bond acceptors (Lipinski definition) is 2. The Balaban J connectivity index is 1.73. The topological polar surface area (TPSA) is 40.5 Å². The number of benzene rings is 3. The number of β-lactam (4-membered cyclic amide) rings is 1. The fourth-order valence-corrected chi connectivity index (χ4v) is 3.72. The van der Waals surface area contributed by atoms with Gasteiger partial charge in [0.05, 0.1) is 6.04 Å². The monoisotopic (exact) mass is 363 g/mol. The minimum absolute atomic E-state index is 0.285. The molecule has 4 heteroatoms. The van der Waals surface area contributed by atoms with Gasteiger partial charge in [-0.1, -0.05) is 84.4 Å². The first kappa shape index (κ1) is 16.8. The van der Waals surface area contributed by atoms with Crippen molar-refractivity contribution in [2.45, 2.75) is 18.2 Å². The zero-order valence-corrected chi connectivity index (χ0v) is 14.8. The van der Waals surface area contributed by atoms with Crippen molar-refractivity contribution in [1.29, 1.82) is 0 Å². The minimum Gasteiger partial charge on any atom is -0.373 e. The van der Waals surface area contributed by atoms with Gasteiger partial charge in [-0.2, -0.15) is 0 Å². The van der Waals surface area contributed by atoms with Gasteiger partial charge in [0.15, 0.2) is 5.60 Å². The van der Waals surface area contributed by atoms with Gasteiger partial charge < -0.3 is 10.0 Å². The van der Waals surface area contributed by atoms with E-state index >= 15 is 0 Å². The molecule has 1 heterocycles. The Morgan fingerprint density at radius 1 is 0.885 bits per heavy atom. The maximum Gasteiger partial charge on any atom is 0.262 e. The maximum absolute atomic E-state index is 13.0. The first-order valence-corrected chi connectivity index (χ1v) is 8.87. The highest BCUT2D eigenvalue weighted by Crippen LogP contribution is 2.50. The number of hydrogen-bond donors (Lipinski definition) is 1. The second-order valence-corrected chi connectivity index (χ2v) is 6.94. The zero-order chi connectivity index (χ0) is 18.1. The Hall–Kier alpha value is -2.62. The van der Waals surface area contributed by atoms with Gasteiger partial charge in [0.1, 0.15) is 0 Å². The van der Waals surface area contributed by atoms with Crippen molar-refractivity contribution in [2.75, 3.05) is 0 Å². The number of amides is 1. The lowest BCUT2D eigenvalue weighted by Crippen LogP contribution is -2.65. The molecule has 0 radical (unpaired) electrons. The van der Waals surface area contributed by atoms with Gasteiger partial charge in [-0.3, -0.25) is 4.79 Å². The Kier molecular flexibility index (Phi) is 4.27. The van der Waals surface area contributed by atoms with Crippen LogP contribution in [0.4, 0.5) is 0 Å². The van der Waals surface area contributed by atoms with E-state index in [2.05, 4.69) is 0 Å². The summed E-state index contributed by atoms with van der Waals surface area (Å²) >= 11 is 5.95. The summed E-state index contributed by atoms with van der Waals surface area (Å²) in [6, 6.07) is 25.8. The predicted octanol–water partition coefficient (Wildman–Crippen LogP) is 4.31. The third-order valence-corrected chi connectivity index (χ3v) is 5.14. The SMILES string of the molecule is O=C1N(Cc2ccc(Cl)cc2)[C@H](c2ccccc2)[C@]1(O)c1ccccc1. The molecule has 26 heavy (non-hydrogen) atoms. The van der Waals surface area contributed by atoms with Crippen LogP contribution in [0.15, 0.2) is 84.9 Å². The number of carbonyl (C=O) groups is 1. The van der Waals surface area contributed by atoms with E-state index in [9.17, 15) is 9.90 Å². The molecule has 1 saturated heterocycles. The van der Waals surface area contributed by atoms with Gasteiger partial charge in [-0.25, -0.2) is 0 Å². The summed E-state index contributed by atoms with van der Waals surface area (Å²) in [5, 5.41) is 12.0. The molecule has 3 nitrogen and oxygen atoms in total. The van der Waals surface area contributed by atoms with E-state index in [0.717, 1.165) is 11.1 Å². The fourth-order valence-electron chi connectivity index (χ4n) is 3.59. The van der Waals surface area contributed by atoms with Gasteiger partial charge in [-0.05, 0) is 28.8 Å². The molecule has 3 aromatic carbocycles. The van der Waals surface area contributed by atoms with E-state index in [1.54, 1.807) is 17.0 Å². The molecule has 1 aliphatic rings. The quantitative estimate of drug-likeness (QED) is 0.701. The van der Waals surface area contributed by atoms with E-state index in [4.69, 9.17) is 11.6 Å². The summed E-state index contributed by atoms with van der Waals surface area (Å²) in [5.41, 5.74) is 0.951. The van der Waals surface area contributed by atoms with Gasteiger partial charge in [0.2, 0.25) is 0 Å². The highest BCUT2D eigenvalue weighted by Gasteiger charge is 2.61. The van der Waals surface area contributed by atoms with Crippen molar-refractivity contribution in [3.05, 3.63) is 107 Å². The first-order chi connectivity index (χ1) is 12.6. The Morgan fingerprint density at radius 3 is 2.08 bits per heavy atom. The highest BCUT2D eigenvalue weighted by atomic mass is 35.5. The third-order valence-electron chi connectivity index (χ3n) is 4.89.